The molecule has 0 spiro atoms. The fourth-order valence-corrected chi connectivity index (χ4v) is 3.00. The van der Waals surface area contributed by atoms with Crippen molar-refractivity contribution in [2.24, 2.45) is 5.92 Å². The fraction of sp³-hybridized carbons (Fsp3) is 0.368. The second-order valence-electron chi connectivity index (χ2n) is 6.26. The van der Waals surface area contributed by atoms with Crippen molar-refractivity contribution in [3.05, 3.63) is 54.5 Å². The molecule has 2 amide bonds. The van der Waals surface area contributed by atoms with Crippen LogP contribution in [0.1, 0.15) is 23.2 Å². The monoisotopic (exact) mass is 341 g/mol. The smallest absolute Gasteiger partial charge is 0.254 e. The van der Waals surface area contributed by atoms with Crippen molar-refractivity contribution in [3.8, 4) is 0 Å². The minimum absolute atomic E-state index is 0.0364. The van der Waals surface area contributed by atoms with E-state index in [9.17, 15) is 9.59 Å². The Morgan fingerprint density at radius 3 is 2.76 bits per heavy atom. The Morgan fingerprint density at radius 2 is 2.00 bits per heavy atom. The summed E-state index contributed by atoms with van der Waals surface area (Å²) in [4.78, 5) is 26.0. The molecule has 1 unspecified atom stereocenters. The van der Waals surface area contributed by atoms with Crippen molar-refractivity contribution in [1.29, 1.82) is 0 Å². The number of nitrogens with one attached hydrogen (secondary N) is 2. The third-order valence-corrected chi connectivity index (χ3v) is 4.42. The quantitative estimate of drug-likeness (QED) is 0.808. The van der Waals surface area contributed by atoms with Crippen LogP contribution < -0.4 is 15.5 Å². The largest absolute Gasteiger partial charge is 0.472 e. The molecule has 6 nitrogen and oxygen atoms in total. The Labute approximate surface area is 147 Å². The van der Waals surface area contributed by atoms with Crippen molar-refractivity contribution in [2.45, 2.75) is 12.8 Å². The van der Waals surface area contributed by atoms with Crippen molar-refractivity contribution in [2.75, 3.05) is 31.1 Å². The van der Waals surface area contributed by atoms with Crippen LogP contribution in [0.5, 0.6) is 0 Å². The van der Waals surface area contributed by atoms with E-state index in [2.05, 4.69) is 27.7 Å². The Morgan fingerprint density at radius 1 is 1.16 bits per heavy atom. The number of hydrogen-bond donors (Lipinski definition) is 2. The number of nitrogens with zero attached hydrogens (tertiary/aromatic N) is 1. The number of amides is 2. The van der Waals surface area contributed by atoms with E-state index in [1.165, 1.54) is 18.2 Å². The van der Waals surface area contributed by atoms with Gasteiger partial charge in [0.25, 0.3) is 5.91 Å². The lowest BCUT2D eigenvalue weighted by Crippen LogP contribution is -2.34. The normalized spacial score (nSPS) is 16.6. The standard InChI is InChI=1S/C19H23N3O3/c23-18(6-9-20-19(24)16-8-11-25-14-16)21-12-15-7-10-22(13-15)17-4-2-1-3-5-17/h1-5,8,11,14-15H,6-7,9-10,12-13H2,(H,20,24)(H,21,23). The van der Waals surface area contributed by atoms with Gasteiger partial charge in [-0.3, -0.25) is 9.59 Å². The first-order chi connectivity index (χ1) is 12.2. The first-order valence-corrected chi connectivity index (χ1v) is 8.59. The van der Waals surface area contributed by atoms with Gasteiger partial charge in [-0.2, -0.15) is 0 Å². The fourth-order valence-electron chi connectivity index (χ4n) is 3.00. The van der Waals surface area contributed by atoms with E-state index in [4.69, 9.17) is 4.42 Å². The van der Waals surface area contributed by atoms with E-state index in [1.54, 1.807) is 6.07 Å². The maximum Gasteiger partial charge on any atom is 0.254 e. The van der Waals surface area contributed by atoms with Gasteiger partial charge >= 0.3 is 0 Å². The molecule has 0 radical (unpaired) electrons. The third-order valence-electron chi connectivity index (χ3n) is 4.42. The first-order valence-electron chi connectivity index (χ1n) is 8.59. The van der Waals surface area contributed by atoms with E-state index < -0.39 is 0 Å². The van der Waals surface area contributed by atoms with Crippen LogP contribution in [-0.4, -0.2) is 38.0 Å². The maximum atomic E-state index is 11.9. The molecular weight excluding hydrogens is 318 g/mol. The minimum Gasteiger partial charge on any atom is -0.472 e. The molecule has 25 heavy (non-hydrogen) atoms. The lowest BCUT2D eigenvalue weighted by Gasteiger charge is -2.18. The zero-order chi connectivity index (χ0) is 17.5. The van der Waals surface area contributed by atoms with Gasteiger partial charge in [-0.05, 0) is 30.5 Å². The average molecular weight is 341 g/mol. The highest BCUT2D eigenvalue weighted by molar-refractivity contribution is 5.94. The number of anilines is 1. The molecule has 2 heterocycles. The van der Waals surface area contributed by atoms with Gasteiger partial charge in [-0.1, -0.05) is 18.2 Å². The van der Waals surface area contributed by atoms with Crippen molar-refractivity contribution in [3.63, 3.8) is 0 Å². The van der Waals surface area contributed by atoms with Crippen molar-refractivity contribution >= 4 is 17.5 Å². The highest BCUT2D eigenvalue weighted by atomic mass is 16.3. The van der Waals surface area contributed by atoms with E-state index >= 15 is 0 Å². The molecule has 3 rings (SSSR count). The zero-order valence-corrected chi connectivity index (χ0v) is 14.1. The maximum absolute atomic E-state index is 11.9. The number of carbonyl (C=O) groups is 2. The summed E-state index contributed by atoms with van der Waals surface area (Å²) in [5, 5.41) is 5.67. The number of furan rings is 1. The molecule has 1 aromatic carbocycles. The molecule has 0 saturated carbocycles. The Kier molecular flexibility index (Phi) is 5.72. The summed E-state index contributed by atoms with van der Waals surface area (Å²) in [5.74, 6) is 0.200. The number of carbonyl (C=O) groups excluding carboxylic acids is 2. The van der Waals surface area contributed by atoms with E-state index in [1.807, 2.05) is 18.2 Å². The Hall–Kier alpha value is -2.76. The molecule has 2 aromatic rings. The predicted molar refractivity (Wildman–Crippen MR) is 95.4 cm³/mol. The van der Waals surface area contributed by atoms with Crippen LogP contribution in [0.2, 0.25) is 0 Å². The summed E-state index contributed by atoms with van der Waals surface area (Å²) in [6.07, 6.45) is 4.18. The molecule has 1 aromatic heterocycles. The molecular formula is C19H23N3O3. The Balaban J connectivity index is 1.32. The molecule has 1 saturated heterocycles. The van der Waals surface area contributed by atoms with Gasteiger partial charge < -0.3 is 20.0 Å². The molecule has 1 fully saturated rings. The molecule has 1 atom stereocenters. The van der Waals surface area contributed by atoms with Gasteiger partial charge in [0.1, 0.15) is 6.26 Å². The van der Waals surface area contributed by atoms with Crippen LogP contribution in [-0.2, 0) is 4.79 Å². The minimum atomic E-state index is -0.226. The second kappa shape index (κ2) is 8.37. The second-order valence-corrected chi connectivity index (χ2v) is 6.26. The van der Waals surface area contributed by atoms with Crippen LogP contribution in [0, 0.1) is 5.92 Å². The number of rotatable bonds is 7. The molecule has 1 aliphatic rings. The summed E-state index contributed by atoms with van der Waals surface area (Å²) in [6, 6.07) is 11.9. The van der Waals surface area contributed by atoms with Crippen LogP contribution in [0.25, 0.3) is 0 Å². The van der Waals surface area contributed by atoms with Crippen molar-refractivity contribution in [1.82, 2.24) is 10.6 Å². The molecule has 1 aliphatic heterocycles. The highest BCUT2D eigenvalue weighted by Gasteiger charge is 2.22. The molecule has 2 N–H and O–H groups in total. The summed E-state index contributed by atoms with van der Waals surface area (Å²) >= 11 is 0. The van der Waals surface area contributed by atoms with Gasteiger partial charge in [0.05, 0.1) is 11.8 Å². The third kappa shape index (κ3) is 4.86. The van der Waals surface area contributed by atoms with Crippen molar-refractivity contribution < 1.29 is 14.0 Å². The van der Waals surface area contributed by atoms with Gasteiger partial charge in [0.2, 0.25) is 5.91 Å². The Bertz CT molecular complexity index is 685. The highest BCUT2D eigenvalue weighted by Crippen LogP contribution is 2.22. The van der Waals surface area contributed by atoms with Gasteiger partial charge in [-0.15, -0.1) is 0 Å². The van der Waals surface area contributed by atoms with Gasteiger partial charge in [-0.25, -0.2) is 0 Å². The summed E-state index contributed by atoms with van der Waals surface area (Å²) in [6.45, 7) is 2.97. The van der Waals surface area contributed by atoms with E-state index in [0.29, 0.717) is 24.6 Å². The first kappa shape index (κ1) is 17.1. The molecule has 6 heteroatoms. The van der Waals surface area contributed by atoms with Crippen LogP contribution in [0.4, 0.5) is 5.69 Å². The lowest BCUT2D eigenvalue weighted by atomic mass is 10.1. The summed E-state index contributed by atoms with van der Waals surface area (Å²) in [7, 11) is 0. The van der Waals surface area contributed by atoms with Gasteiger partial charge in [0.15, 0.2) is 0 Å². The number of benzene rings is 1. The topological polar surface area (TPSA) is 74.6 Å². The molecule has 132 valence electrons. The van der Waals surface area contributed by atoms with E-state index in [-0.39, 0.29) is 18.2 Å². The number of hydrogen-bond acceptors (Lipinski definition) is 4. The van der Waals surface area contributed by atoms with Crippen LogP contribution in [0.15, 0.2) is 53.3 Å². The van der Waals surface area contributed by atoms with Crippen LogP contribution in [0.3, 0.4) is 0 Å². The number of para-hydroxylation sites is 1. The van der Waals surface area contributed by atoms with Crippen LogP contribution >= 0.6 is 0 Å². The lowest BCUT2D eigenvalue weighted by molar-refractivity contribution is -0.121. The van der Waals surface area contributed by atoms with E-state index in [0.717, 1.165) is 19.5 Å². The summed E-state index contributed by atoms with van der Waals surface area (Å²) in [5.41, 5.74) is 1.70. The summed E-state index contributed by atoms with van der Waals surface area (Å²) < 4.78 is 4.86. The van der Waals surface area contributed by atoms with Gasteiger partial charge in [0, 0.05) is 38.3 Å². The predicted octanol–water partition coefficient (Wildman–Crippen LogP) is 2.04. The SMILES string of the molecule is O=C(CCNC(=O)c1ccoc1)NCC1CCN(c2ccccc2)C1. The molecule has 0 bridgehead atoms. The zero-order valence-electron chi connectivity index (χ0n) is 14.1. The average Bonchev–Trinajstić information content (AvgIpc) is 3.32. The molecule has 0 aliphatic carbocycles.